The van der Waals surface area contributed by atoms with E-state index in [2.05, 4.69) is 15.5 Å². The van der Waals surface area contributed by atoms with Gasteiger partial charge in [-0.2, -0.15) is 0 Å². The van der Waals surface area contributed by atoms with Crippen molar-refractivity contribution < 1.29 is 53.2 Å². The van der Waals surface area contributed by atoms with Crippen LogP contribution in [-0.2, 0) is 30.6 Å². The number of anilines is 1. The fraction of sp³-hybridized carbons (Fsp3) is 0.188. The summed E-state index contributed by atoms with van der Waals surface area (Å²) in [7, 11) is 0. The minimum Gasteiger partial charge on any atom is -0.502 e. The standard InChI is InChI=1S/C32H26F2N6O9S2/c33-18-10-17(20(34)25(42)24(18)41)26(31(47)48)49-38-21(19-13-51-32(35)36-19)27(43)37-22-28(44)40-23(30(45)46)16(12-50-29(22)40)6-3-8-39-9-7-14-4-1-2-5-15(14)11-39/h1-7,9-10,13,22,26,29,41-42H,8,11-12H2,(H2,35,36)(H,37,43)(H,45,46)(H,47,48). The van der Waals surface area contributed by atoms with Crippen molar-refractivity contribution in [3.63, 3.8) is 0 Å². The predicted molar refractivity (Wildman–Crippen MR) is 179 cm³/mol. The van der Waals surface area contributed by atoms with E-state index in [1.807, 2.05) is 41.4 Å². The third-order valence-corrected chi connectivity index (χ3v) is 9.95. The number of fused-ring (bicyclic) bond motifs is 2. The van der Waals surface area contributed by atoms with Gasteiger partial charge in [0.2, 0.25) is 0 Å². The Morgan fingerprint density at radius 3 is 2.67 bits per heavy atom. The number of nitrogens with one attached hydrogen (secondary N) is 1. The van der Waals surface area contributed by atoms with E-state index in [9.17, 15) is 48.4 Å². The van der Waals surface area contributed by atoms with Crippen LogP contribution in [0.15, 0.2) is 70.5 Å². The number of rotatable bonds is 11. The first kappa shape index (κ1) is 34.9. The molecular weight excluding hydrogens is 715 g/mol. The van der Waals surface area contributed by atoms with Crippen molar-refractivity contribution in [2.75, 3.05) is 18.0 Å². The average Bonchev–Trinajstić information content (AvgIpc) is 3.54. The number of phenols is 2. The van der Waals surface area contributed by atoms with Crippen molar-refractivity contribution in [2.24, 2.45) is 5.16 Å². The summed E-state index contributed by atoms with van der Waals surface area (Å²) in [4.78, 5) is 63.1. The number of carbonyl (C=O) groups excluding carboxylic acids is 2. The van der Waals surface area contributed by atoms with Crippen molar-refractivity contribution in [2.45, 2.75) is 24.1 Å². The molecule has 1 aromatic heterocycles. The summed E-state index contributed by atoms with van der Waals surface area (Å²) in [6.45, 7) is 1.15. The van der Waals surface area contributed by atoms with Crippen LogP contribution in [0, 0.1) is 11.6 Å². The first-order valence-corrected chi connectivity index (χ1v) is 16.7. The molecule has 15 nitrogen and oxygen atoms in total. The summed E-state index contributed by atoms with van der Waals surface area (Å²) in [5, 5.41) is 45.2. The second-order valence-electron chi connectivity index (χ2n) is 11.2. The van der Waals surface area contributed by atoms with E-state index < -0.39 is 75.7 Å². The van der Waals surface area contributed by atoms with Crippen LogP contribution in [0.2, 0.25) is 0 Å². The molecule has 0 spiro atoms. The molecule has 1 saturated heterocycles. The molecule has 3 aliphatic heterocycles. The molecule has 264 valence electrons. The highest BCUT2D eigenvalue weighted by Gasteiger charge is 2.54. The minimum absolute atomic E-state index is 0.0384. The quantitative estimate of drug-likeness (QED) is 0.0720. The fourth-order valence-electron chi connectivity index (χ4n) is 5.49. The Kier molecular flexibility index (Phi) is 9.66. The SMILES string of the molecule is Nc1nc(C(=NOC(C(=O)O)c2cc(F)c(O)c(O)c2F)C(=O)NC2C(=O)N3C(C(=O)O)=C(C=CCN4C=Cc5ccccc5C4)CSC23)cs1. The number of aliphatic carboxylic acids is 2. The van der Waals surface area contributed by atoms with Gasteiger partial charge in [0.15, 0.2) is 34.0 Å². The molecular formula is C32H26F2N6O9S2. The molecule has 0 aliphatic carbocycles. The molecule has 4 heterocycles. The van der Waals surface area contributed by atoms with Crippen molar-refractivity contribution >= 4 is 63.8 Å². The third-order valence-electron chi connectivity index (χ3n) is 7.97. The number of aromatic hydroxyl groups is 2. The summed E-state index contributed by atoms with van der Waals surface area (Å²) in [5.74, 6) is -11.3. The monoisotopic (exact) mass is 740 g/mol. The predicted octanol–water partition coefficient (Wildman–Crippen LogP) is 2.74. The zero-order chi connectivity index (χ0) is 36.6. The number of benzene rings is 2. The third kappa shape index (κ3) is 6.80. The molecule has 19 heteroatoms. The van der Waals surface area contributed by atoms with Gasteiger partial charge in [-0.15, -0.1) is 23.1 Å². The lowest BCUT2D eigenvalue weighted by atomic mass is 10.0. The number of hydrogen-bond acceptors (Lipinski definition) is 13. The molecule has 2 amide bonds. The normalized spacial score (nSPS) is 19.0. The van der Waals surface area contributed by atoms with Crippen LogP contribution in [0.25, 0.3) is 6.08 Å². The molecule has 3 unspecified atom stereocenters. The number of allylic oxidation sites excluding steroid dienone is 1. The molecule has 1 fully saturated rings. The number of carboxylic acid groups (broad SMARTS) is 2. The van der Waals surface area contributed by atoms with E-state index in [1.54, 1.807) is 12.2 Å². The number of nitrogen functional groups attached to an aromatic ring is 1. The van der Waals surface area contributed by atoms with E-state index in [4.69, 9.17) is 10.6 Å². The lowest BCUT2D eigenvalue weighted by Gasteiger charge is -2.49. The second kappa shape index (κ2) is 14.1. The Balaban J connectivity index is 1.19. The number of halogens is 2. The van der Waals surface area contributed by atoms with E-state index >= 15 is 0 Å². The number of thiazole rings is 1. The number of carboxylic acids is 2. The van der Waals surface area contributed by atoms with Gasteiger partial charge in [0.1, 0.15) is 22.8 Å². The van der Waals surface area contributed by atoms with Gasteiger partial charge in [-0.3, -0.25) is 14.5 Å². The van der Waals surface area contributed by atoms with Crippen molar-refractivity contribution in [1.29, 1.82) is 0 Å². The number of oxime groups is 1. The molecule has 0 radical (unpaired) electrons. The molecule has 6 rings (SSSR count). The van der Waals surface area contributed by atoms with Gasteiger partial charge in [0, 0.05) is 36.0 Å². The highest BCUT2D eigenvalue weighted by atomic mass is 32.2. The lowest BCUT2D eigenvalue weighted by molar-refractivity contribution is -0.151. The number of nitrogens with two attached hydrogens (primary N) is 1. The number of thioether (sulfide) groups is 1. The first-order valence-electron chi connectivity index (χ1n) is 14.8. The topological polar surface area (TPSA) is 228 Å². The smallest absolute Gasteiger partial charge is 0.352 e. The van der Waals surface area contributed by atoms with Gasteiger partial charge < -0.3 is 41.2 Å². The van der Waals surface area contributed by atoms with Crippen molar-refractivity contribution in [3.05, 3.63) is 99.4 Å². The average molecular weight is 741 g/mol. The Morgan fingerprint density at radius 2 is 1.96 bits per heavy atom. The molecule has 7 N–H and O–H groups in total. The largest absolute Gasteiger partial charge is 0.502 e. The maximum atomic E-state index is 14.6. The second-order valence-corrected chi connectivity index (χ2v) is 13.2. The van der Waals surface area contributed by atoms with Crippen LogP contribution in [0.1, 0.15) is 28.5 Å². The summed E-state index contributed by atoms with van der Waals surface area (Å²) >= 11 is 2.06. The minimum atomic E-state index is -2.43. The molecule has 3 aliphatic rings. The van der Waals surface area contributed by atoms with Gasteiger partial charge in [-0.1, -0.05) is 41.6 Å². The van der Waals surface area contributed by atoms with Gasteiger partial charge in [0.05, 0.1) is 0 Å². The fourth-order valence-corrected chi connectivity index (χ4v) is 7.35. The van der Waals surface area contributed by atoms with E-state index in [0.717, 1.165) is 27.4 Å². The first-order chi connectivity index (χ1) is 24.3. The van der Waals surface area contributed by atoms with Crippen LogP contribution >= 0.6 is 23.1 Å². The Hall–Kier alpha value is -5.95. The number of phenolic OH excluding ortho intramolecular Hbond substituents is 2. The zero-order valence-electron chi connectivity index (χ0n) is 25.9. The highest BCUT2D eigenvalue weighted by molar-refractivity contribution is 8.00. The maximum absolute atomic E-state index is 14.6. The number of amides is 2. The summed E-state index contributed by atoms with van der Waals surface area (Å²) in [5.41, 5.74) is 6.08. The van der Waals surface area contributed by atoms with Crippen LogP contribution in [0.3, 0.4) is 0 Å². The van der Waals surface area contributed by atoms with Gasteiger partial charge in [0.25, 0.3) is 17.9 Å². The van der Waals surface area contributed by atoms with Gasteiger partial charge >= 0.3 is 11.9 Å². The Labute approximate surface area is 294 Å². The van der Waals surface area contributed by atoms with E-state index in [1.165, 1.54) is 17.1 Å². The number of carbonyl (C=O) groups is 4. The number of aromatic nitrogens is 1. The Morgan fingerprint density at radius 1 is 1.20 bits per heavy atom. The van der Waals surface area contributed by atoms with Crippen LogP contribution in [-0.4, -0.2) is 88.4 Å². The van der Waals surface area contributed by atoms with Crippen LogP contribution in [0.4, 0.5) is 13.9 Å². The van der Waals surface area contributed by atoms with E-state index in [0.29, 0.717) is 18.7 Å². The molecule has 0 saturated carbocycles. The van der Waals surface area contributed by atoms with Crippen LogP contribution < -0.4 is 11.1 Å². The summed E-state index contributed by atoms with van der Waals surface area (Å²) < 4.78 is 28.7. The summed E-state index contributed by atoms with van der Waals surface area (Å²) in [6, 6.07) is 6.96. The van der Waals surface area contributed by atoms with Gasteiger partial charge in [-0.25, -0.2) is 23.4 Å². The van der Waals surface area contributed by atoms with Crippen molar-refractivity contribution in [1.82, 2.24) is 20.1 Å². The molecule has 3 aromatic rings. The highest BCUT2D eigenvalue weighted by Crippen LogP contribution is 2.41. The number of hydrogen-bond donors (Lipinski definition) is 6. The van der Waals surface area contributed by atoms with E-state index in [-0.39, 0.29) is 28.3 Å². The van der Waals surface area contributed by atoms with Crippen molar-refractivity contribution in [3.8, 4) is 11.5 Å². The van der Waals surface area contributed by atoms with Crippen LogP contribution in [0.5, 0.6) is 11.5 Å². The zero-order valence-corrected chi connectivity index (χ0v) is 27.5. The molecule has 2 aromatic carbocycles. The number of β-lactam (4-membered cyclic amide) rings is 1. The van der Waals surface area contributed by atoms with Gasteiger partial charge in [-0.05, 0) is 28.8 Å². The summed E-state index contributed by atoms with van der Waals surface area (Å²) in [6.07, 6.45) is 4.94. The molecule has 51 heavy (non-hydrogen) atoms. The molecule has 0 bridgehead atoms. The lowest BCUT2D eigenvalue weighted by Crippen LogP contribution is -2.71. The molecule has 3 atom stereocenters. The maximum Gasteiger partial charge on any atom is 0.352 e. The Bertz CT molecular complexity index is 2080. The number of nitrogens with zero attached hydrogens (tertiary/aromatic N) is 4.